The topological polar surface area (TPSA) is 20.3 Å². The first kappa shape index (κ1) is 9.00. The second-order valence-electron chi connectivity index (χ2n) is 3.54. The number of amides is 1. The van der Waals surface area contributed by atoms with Gasteiger partial charge in [0.1, 0.15) is 0 Å². The molecule has 1 aliphatic heterocycles. The lowest BCUT2D eigenvalue weighted by Gasteiger charge is -2.15. The van der Waals surface area contributed by atoms with Gasteiger partial charge in [-0.25, -0.2) is 0 Å². The van der Waals surface area contributed by atoms with Crippen LogP contribution in [0.4, 0.5) is 5.69 Å². The highest BCUT2D eigenvalue weighted by Crippen LogP contribution is 2.24. The van der Waals surface area contributed by atoms with Gasteiger partial charge in [0.2, 0.25) is 5.91 Å². The third kappa shape index (κ3) is 1.55. The third-order valence-corrected chi connectivity index (χ3v) is 2.56. The fourth-order valence-electron chi connectivity index (χ4n) is 1.75. The third-order valence-electron chi connectivity index (χ3n) is 2.56. The van der Waals surface area contributed by atoms with Crippen molar-refractivity contribution < 1.29 is 4.79 Å². The van der Waals surface area contributed by atoms with E-state index >= 15 is 0 Å². The Labute approximate surface area is 83.8 Å². The minimum atomic E-state index is 0.195. The Bertz CT molecular complexity index is 345. The van der Waals surface area contributed by atoms with E-state index in [0.29, 0.717) is 12.3 Å². The van der Waals surface area contributed by atoms with Gasteiger partial charge in [0, 0.05) is 24.6 Å². The minimum absolute atomic E-state index is 0.195. The van der Waals surface area contributed by atoms with Gasteiger partial charge in [0.25, 0.3) is 0 Å². The molecule has 1 fully saturated rings. The Hall–Kier alpha value is -1.57. The Balaban J connectivity index is 2.21. The van der Waals surface area contributed by atoms with Crippen LogP contribution in [0.5, 0.6) is 0 Å². The number of nitrogens with zero attached hydrogens (tertiary/aromatic N) is 1. The van der Waals surface area contributed by atoms with Gasteiger partial charge in [-0.2, -0.15) is 0 Å². The second kappa shape index (κ2) is 3.66. The number of anilines is 1. The fourth-order valence-corrected chi connectivity index (χ4v) is 1.75. The normalized spacial score (nSPS) is 21.3. The highest BCUT2D eigenvalue weighted by Gasteiger charge is 2.28. The summed E-state index contributed by atoms with van der Waals surface area (Å²) in [6.45, 7) is 4.50. The summed E-state index contributed by atoms with van der Waals surface area (Å²) in [6.07, 6.45) is 2.46. The maximum atomic E-state index is 11.6. The van der Waals surface area contributed by atoms with Crippen LogP contribution >= 0.6 is 0 Å². The Morgan fingerprint density at radius 2 is 2.07 bits per heavy atom. The van der Waals surface area contributed by atoms with Crippen molar-refractivity contribution in [1.29, 1.82) is 0 Å². The van der Waals surface area contributed by atoms with Crippen molar-refractivity contribution >= 4 is 11.6 Å². The van der Waals surface area contributed by atoms with Crippen molar-refractivity contribution in [3.05, 3.63) is 43.0 Å². The Kier molecular flexibility index (Phi) is 2.35. The summed E-state index contributed by atoms with van der Waals surface area (Å²) in [5.41, 5.74) is 0.988. The molecule has 1 aromatic rings. The molecule has 1 aromatic carbocycles. The van der Waals surface area contributed by atoms with Crippen LogP contribution in [0, 0.1) is 5.92 Å². The van der Waals surface area contributed by atoms with Crippen LogP contribution < -0.4 is 4.90 Å². The van der Waals surface area contributed by atoms with Gasteiger partial charge in [-0.15, -0.1) is 6.58 Å². The molecule has 2 nitrogen and oxygen atoms in total. The van der Waals surface area contributed by atoms with Crippen molar-refractivity contribution in [3.63, 3.8) is 0 Å². The number of hydrogen-bond donors (Lipinski definition) is 0. The van der Waals surface area contributed by atoms with E-state index in [4.69, 9.17) is 0 Å². The minimum Gasteiger partial charge on any atom is -0.312 e. The quantitative estimate of drug-likeness (QED) is 0.650. The van der Waals surface area contributed by atoms with Crippen molar-refractivity contribution in [2.75, 3.05) is 11.4 Å². The molecule has 2 rings (SSSR count). The van der Waals surface area contributed by atoms with Gasteiger partial charge < -0.3 is 4.90 Å². The van der Waals surface area contributed by atoms with Crippen molar-refractivity contribution in [3.8, 4) is 0 Å². The lowest BCUT2D eigenvalue weighted by molar-refractivity contribution is -0.117. The van der Waals surface area contributed by atoms with E-state index in [1.54, 1.807) is 0 Å². The van der Waals surface area contributed by atoms with Crippen LogP contribution in [0.25, 0.3) is 0 Å². The Morgan fingerprint density at radius 1 is 1.36 bits per heavy atom. The van der Waals surface area contributed by atoms with Crippen LogP contribution in [0.3, 0.4) is 0 Å². The van der Waals surface area contributed by atoms with E-state index in [1.165, 1.54) is 0 Å². The van der Waals surface area contributed by atoms with Crippen molar-refractivity contribution in [2.24, 2.45) is 5.92 Å². The van der Waals surface area contributed by atoms with E-state index < -0.39 is 0 Å². The number of benzene rings is 1. The van der Waals surface area contributed by atoms with Crippen LogP contribution in [0.2, 0.25) is 0 Å². The lowest BCUT2D eigenvalue weighted by atomic mass is 10.1. The molecule has 1 atom stereocenters. The van der Waals surface area contributed by atoms with Gasteiger partial charge in [0.05, 0.1) is 0 Å². The van der Waals surface area contributed by atoms with Crippen molar-refractivity contribution in [2.45, 2.75) is 6.42 Å². The smallest absolute Gasteiger partial charge is 0.227 e. The summed E-state index contributed by atoms with van der Waals surface area (Å²) in [5.74, 6) is 0.504. The largest absolute Gasteiger partial charge is 0.312 e. The molecule has 1 saturated heterocycles. The van der Waals surface area contributed by atoms with Crippen LogP contribution in [-0.4, -0.2) is 12.5 Å². The van der Waals surface area contributed by atoms with Crippen LogP contribution in [0.1, 0.15) is 6.42 Å². The molecule has 0 N–H and O–H groups in total. The standard InChI is InChI=1S/C12H13NO/c1-2-10-8-12(14)13(9-10)11-6-4-3-5-7-11/h2-7,10H,1,8-9H2. The zero-order chi connectivity index (χ0) is 9.97. The highest BCUT2D eigenvalue weighted by molar-refractivity contribution is 5.95. The van der Waals surface area contributed by atoms with Gasteiger partial charge >= 0.3 is 0 Å². The van der Waals surface area contributed by atoms with E-state index in [2.05, 4.69) is 6.58 Å². The van der Waals surface area contributed by atoms with E-state index in [1.807, 2.05) is 41.3 Å². The first-order chi connectivity index (χ1) is 6.81. The lowest BCUT2D eigenvalue weighted by Crippen LogP contribution is -2.24. The molecule has 0 aromatic heterocycles. The molecule has 0 spiro atoms. The maximum absolute atomic E-state index is 11.6. The predicted molar refractivity (Wildman–Crippen MR) is 57.1 cm³/mol. The molecule has 2 heteroatoms. The number of hydrogen-bond acceptors (Lipinski definition) is 1. The van der Waals surface area contributed by atoms with E-state index in [0.717, 1.165) is 12.2 Å². The molecule has 1 amide bonds. The molecule has 0 bridgehead atoms. The van der Waals surface area contributed by atoms with Gasteiger partial charge in [0.15, 0.2) is 0 Å². The van der Waals surface area contributed by atoms with Crippen molar-refractivity contribution in [1.82, 2.24) is 0 Å². The molecule has 72 valence electrons. The maximum Gasteiger partial charge on any atom is 0.227 e. The molecule has 0 saturated carbocycles. The molecule has 1 heterocycles. The molecule has 0 radical (unpaired) electrons. The van der Waals surface area contributed by atoms with E-state index in [9.17, 15) is 4.79 Å². The summed E-state index contributed by atoms with van der Waals surface area (Å²) in [6, 6.07) is 9.77. The van der Waals surface area contributed by atoms with E-state index in [-0.39, 0.29) is 5.91 Å². The average Bonchev–Trinajstić information content (AvgIpc) is 2.61. The second-order valence-corrected chi connectivity index (χ2v) is 3.54. The predicted octanol–water partition coefficient (Wildman–Crippen LogP) is 2.23. The molecular weight excluding hydrogens is 174 g/mol. The zero-order valence-electron chi connectivity index (χ0n) is 8.02. The van der Waals surface area contributed by atoms with Gasteiger partial charge in [-0.05, 0) is 12.1 Å². The molecule has 14 heavy (non-hydrogen) atoms. The Morgan fingerprint density at radius 3 is 2.64 bits per heavy atom. The van der Waals surface area contributed by atoms with Crippen LogP contribution in [0.15, 0.2) is 43.0 Å². The first-order valence-corrected chi connectivity index (χ1v) is 4.79. The molecule has 1 unspecified atom stereocenters. The first-order valence-electron chi connectivity index (χ1n) is 4.79. The number of carbonyl (C=O) groups is 1. The molecule has 1 aliphatic rings. The zero-order valence-corrected chi connectivity index (χ0v) is 8.02. The highest BCUT2D eigenvalue weighted by atomic mass is 16.2. The fraction of sp³-hybridized carbons (Fsp3) is 0.250. The number of rotatable bonds is 2. The summed E-state index contributed by atoms with van der Waals surface area (Å²) >= 11 is 0. The summed E-state index contributed by atoms with van der Waals surface area (Å²) < 4.78 is 0. The van der Waals surface area contributed by atoms with Crippen LogP contribution in [-0.2, 0) is 4.79 Å². The number of para-hydroxylation sites is 1. The summed E-state index contributed by atoms with van der Waals surface area (Å²) in [7, 11) is 0. The summed E-state index contributed by atoms with van der Waals surface area (Å²) in [4.78, 5) is 13.4. The van der Waals surface area contributed by atoms with Gasteiger partial charge in [-0.1, -0.05) is 24.3 Å². The summed E-state index contributed by atoms with van der Waals surface area (Å²) in [5, 5.41) is 0. The molecule has 0 aliphatic carbocycles. The number of carbonyl (C=O) groups excluding carboxylic acids is 1. The molecular formula is C12H13NO. The average molecular weight is 187 g/mol. The van der Waals surface area contributed by atoms with Gasteiger partial charge in [-0.3, -0.25) is 4.79 Å². The monoisotopic (exact) mass is 187 g/mol. The SMILES string of the molecule is C=CC1CC(=O)N(c2ccccc2)C1.